The number of carbonyl (C=O) groups excluding carboxylic acids is 1. The number of fused-ring (bicyclic) bond motifs is 8. The summed E-state index contributed by atoms with van der Waals surface area (Å²) in [5, 5.41) is 3.12. The molecule has 11 aromatic rings. The Balaban J connectivity index is 0.905. The number of nitrogens with one attached hydrogen (secondary N) is 3. The van der Waals surface area contributed by atoms with Crippen molar-refractivity contribution in [3.05, 3.63) is 253 Å². The van der Waals surface area contributed by atoms with E-state index in [9.17, 15) is 4.79 Å². The van der Waals surface area contributed by atoms with Gasteiger partial charge in [-0.2, -0.15) is 0 Å². The second-order valence-corrected chi connectivity index (χ2v) is 18.3. The van der Waals surface area contributed by atoms with Crippen LogP contribution in [0.15, 0.2) is 225 Å². The largest absolute Gasteiger partial charge is 0.354 e. The SMILES string of the molecule is O=C(Nc1ccc(-c2cc(-c3ccccn3)nc(-c3ccccn3)c2)cc1)c1ccc(-c2c3nc(c(-c4ccccc4)c4ccc([nH]4)c(-c4ccccc4)c4nc(c(-c5ccccc5)c5ccc2[nH]5)C=C4)C=C3)cc1. The van der Waals surface area contributed by atoms with Crippen molar-refractivity contribution in [1.82, 2.24) is 34.9 Å². The zero-order valence-electron chi connectivity index (χ0n) is 40.3. The number of carbonyl (C=O) groups is 1. The summed E-state index contributed by atoms with van der Waals surface area (Å²) in [6.45, 7) is 0. The molecule has 0 aliphatic carbocycles. The number of anilines is 1. The van der Waals surface area contributed by atoms with Crippen LogP contribution in [0.5, 0.6) is 0 Å². The van der Waals surface area contributed by atoms with Crippen molar-refractivity contribution >= 4 is 58.0 Å². The minimum absolute atomic E-state index is 0.226. The molecule has 8 heterocycles. The minimum Gasteiger partial charge on any atom is -0.354 e. The van der Waals surface area contributed by atoms with Crippen LogP contribution in [0, 0.1) is 0 Å². The van der Waals surface area contributed by atoms with E-state index in [1.807, 2.05) is 115 Å². The fourth-order valence-corrected chi connectivity index (χ4v) is 9.96. The van der Waals surface area contributed by atoms with Crippen molar-refractivity contribution in [2.75, 3.05) is 5.32 Å². The quantitative estimate of drug-likeness (QED) is 0.132. The average Bonchev–Trinajstić information content (AvgIpc) is 4.34. The zero-order chi connectivity index (χ0) is 50.1. The summed E-state index contributed by atoms with van der Waals surface area (Å²) >= 11 is 0. The van der Waals surface area contributed by atoms with E-state index in [1.54, 1.807) is 12.4 Å². The van der Waals surface area contributed by atoms with Crippen LogP contribution < -0.4 is 5.32 Å². The van der Waals surface area contributed by atoms with Gasteiger partial charge in [-0.3, -0.25) is 14.8 Å². The van der Waals surface area contributed by atoms with Crippen LogP contribution in [0.3, 0.4) is 0 Å². The third-order valence-corrected chi connectivity index (χ3v) is 13.5. The molecule has 5 aromatic carbocycles. The Morgan fingerprint density at radius 1 is 0.333 bits per heavy atom. The summed E-state index contributed by atoms with van der Waals surface area (Å²) in [7, 11) is 0. The molecule has 75 heavy (non-hydrogen) atoms. The fourth-order valence-electron chi connectivity index (χ4n) is 9.96. The lowest BCUT2D eigenvalue weighted by Gasteiger charge is -2.11. The summed E-state index contributed by atoms with van der Waals surface area (Å²) in [5.74, 6) is -0.226. The van der Waals surface area contributed by atoms with Crippen LogP contribution in [0.1, 0.15) is 33.1 Å². The Kier molecular flexibility index (Phi) is 11.5. The van der Waals surface area contributed by atoms with Crippen molar-refractivity contribution in [1.29, 1.82) is 0 Å². The van der Waals surface area contributed by atoms with Gasteiger partial charge in [0, 0.05) is 68.0 Å². The maximum absolute atomic E-state index is 14.0. The molecule has 8 bridgehead atoms. The Morgan fingerprint density at radius 2 is 0.707 bits per heavy atom. The first-order chi connectivity index (χ1) is 37.1. The van der Waals surface area contributed by atoms with Gasteiger partial charge in [-0.1, -0.05) is 127 Å². The van der Waals surface area contributed by atoms with Gasteiger partial charge in [0.1, 0.15) is 0 Å². The number of aromatic amines is 2. The van der Waals surface area contributed by atoms with Crippen molar-refractivity contribution < 1.29 is 4.79 Å². The lowest BCUT2D eigenvalue weighted by molar-refractivity contribution is 0.102. The van der Waals surface area contributed by atoms with E-state index in [4.69, 9.17) is 15.0 Å². The van der Waals surface area contributed by atoms with E-state index >= 15 is 0 Å². The van der Waals surface area contributed by atoms with Gasteiger partial charge in [-0.05, 0) is 143 Å². The molecule has 2 aliphatic rings. The monoisotopic (exact) mass is 964 g/mol. The number of rotatable bonds is 9. The maximum atomic E-state index is 14.0. The fraction of sp³-hybridized carbons (Fsp3) is 0. The first-order valence-corrected chi connectivity index (χ1v) is 24.8. The Bertz CT molecular complexity index is 4080. The number of benzene rings is 5. The minimum atomic E-state index is -0.226. The zero-order valence-corrected chi connectivity index (χ0v) is 40.3. The Morgan fingerprint density at radius 3 is 1.09 bits per heavy atom. The van der Waals surface area contributed by atoms with Crippen LogP contribution >= 0.6 is 0 Å². The molecule has 0 unspecified atom stereocenters. The predicted molar refractivity (Wildman–Crippen MR) is 305 cm³/mol. The molecule has 0 saturated carbocycles. The van der Waals surface area contributed by atoms with Crippen molar-refractivity contribution in [2.24, 2.45) is 0 Å². The molecule has 1 amide bonds. The highest BCUT2D eigenvalue weighted by molar-refractivity contribution is 6.05. The van der Waals surface area contributed by atoms with E-state index in [-0.39, 0.29) is 5.91 Å². The average molecular weight is 965 g/mol. The van der Waals surface area contributed by atoms with Gasteiger partial charge in [0.15, 0.2) is 0 Å². The van der Waals surface area contributed by atoms with E-state index in [2.05, 4.69) is 147 Å². The first kappa shape index (κ1) is 44.6. The first-order valence-electron chi connectivity index (χ1n) is 24.8. The third kappa shape index (κ3) is 8.81. The number of hydrogen-bond donors (Lipinski definition) is 3. The summed E-state index contributed by atoms with van der Waals surface area (Å²) < 4.78 is 0. The Hall–Kier alpha value is -10.4. The molecule has 354 valence electrons. The summed E-state index contributed by atoms with van der Waals surface area (Å²) in [6.07, 6.45) is 11.9. The van der Waals surface area contributed by atoms with E-state index in [1.165, 1.54) is 0 Å². The second-order valence-electron chi connectivity index (χ2n) is 18.3. The van der Waals surface area contributed by atoms with Crippen LogP contribution in [-0.2, 0) is 0 Å². The van der Waals surface area contributed by atoms with Crippen molar-refractivity contribution in [3.8, 4) is 78.4 Å². The van der Waals surface area contributed by atoms with Gasteiger partial charge in [-0.15, -0.1) is 0 Å². The third-order valence-electron chi connectivity index (χ3n) is 13.5. The van der Waals surface area contributed by atoms with Gasteiger partial charge in [0.05, 0.1) is 45.6 Å². The molecular weight excluding hydrogens is 921 g/mol. The Labute approximate surface area is 432 Å². The maximum Gasteiger partial charge on any atom is 0.255 e. The van der Waals surface area contributed by atoms with Crippen LogP contribution in [0.4, 0.5) is 5.69 Å². The van der Waals surface area contributed by atoms with Crippen LogP contribution in [0.25, 0.3) is 125 Å². The topological polar surface area (TPSA) is 125 Å². The molecule has 13 rings (SSSR count). The van der Waals surface area contributed by atoms with Gasteiger partial charge < -0.3 is 15.3 Å². The van der Waals surface area contributed by atoms with Gasteiger partial charge in [0.2, 0.25) is 0 Å². The van der Waals surface area contributed by atoms with Gasteiger partial charge in [0.25, 0.3) is 5.91 Å². The number of hydrogen-bond acceptors (Lipinski definition) is 6. The van der Waals surface area contributed by atoms with Crippen LogP contribution in [0.2, 0.25) is 0 Å². The highest BCUT2D eigenvalue weighted by atomic mass is 16.1. The van der Waals surface area contributed by atoms with Crippen LogP contribution in [-0.4, -0.2) is 40.8 Å². The van der Waals surface area contributed by atoms with Crippen molar-refractivity contribution in [2.45, 2.75) is 0 Å². The highest BCUT2D eigenvalue weighted by Gasteiger charge is 2.20. The standard InChI is InChI=1S/C66H44N8O/c75-66(69-49-28-26-42(27-29-49)48-40-60(50-20-10-12-38-67-50)74-61(41-48)51-21-11-13-39-68-51)47-24-22-46(23-25-47)65-58-36-34-56(72-58)63(44-16-6-2-7-17-44)54-32-30-52(70-54)62(43-14-4-1-5-15-43)53-31-33-55(71-53)64(45-18-8-3-9-19-45)57-35-37-59(65)73-57/h1-41,70,73H,(H,69,75). The van der Waals surface area contributed by atoms with E-state index < -0.39 is 0 Å². The number of H-pyrrole nitrogens is 2. The van der Waals surface area contributed by atoms with Crippen molar-refractivity contribution in [3.63, 3.8) is 0 Å². The van der Waals surface area contributed by atoms with E-state index in [0.29, 0.717) is 11.3 Å². The summed E-state index contributed by atoms with van der Waals surface area (Å²) in [6, 6.07) is 70.9. The molecule has 0 atom stereocenters. The molecular formula is C66H44N8O. The highest BCUT2D eigenvalue weighted by Crippen LogP contribution is 2.39. The number of nitrogens with zero attached hydrogens (tertiary/aromatic N) is 5. The summed E-state index contributed by atoms with van der Waals surface area (Å²) in [4.78, 5) is 46.5. The molecule has 0 spiro atoms. The smallest absolute Gasteiger partial charge is 0.255 e. The molecule has 9 heteroatoms. The number of pyridine rings is 3. The predicted octanol–water partition coefficient (Wildman–Crippen LogP) is 15.8. The normalized spacial score (nSPS) is 11.7. The van der Waals surface area contributed by atoms with Gasteiger partial charge in [-0.25, -0.2) is 15.0 Å². The number of amides is 1. The molecule has 9 nitrogen and oxygen atoms in total. The molecule has 0 radical (unpaired) electrons. The lowest BCUT2D eigenvalue weighted by atomic mass is 10.0. The lowest BCUT2D eigenvalue weighted by Crippen LogP contribution is -2.11. The van der Waals surface area contributed by atoms with Gasteiger partial charge >= 0.3 is 0 Å². The summed E-state index contributed by atoms with van der Waals surface area (Å²) in [5.41, 5.74) is 20.9. The molecule has 3 N–H and O–H groups in total. The molecule has 0 saturated heterocycles. The molecule has 6 aromatic heterocycles. The molecule has 0 fully saturated rings. The second kappa shape index (κ2) is 19.3. The molecule has 2 aliphatic heterocycles. The number of aromatic nitrogens is 7. The van der Waals surface area contributed by atoms with E-state index in [0.717, 1.165) is 123 Å².